The molecule has 1 aromatic carbocycles. The van der Waals surface area contributed by atoms with Crippen molar-refractivity contribution in [2.45, 2.75) is 32.3 Å². The highest BCUT2D eigenvalue weighted by molar-refractivity contribution is 5.60. The fourth-order valence-corrected chi connectivity index (χ4v) is 1.41. The van der Waals surface area contributed by atoms with E-state index in [1.165, 1.54) is 0 Å². The summed E-state index contributed by atoms with van der Waals surface area (Å²) in [7, 11) is 0. The first-order valence-corrected chi connectivity index (χ1v) is 5.59. The van der Waals surface area contributed by atoms with Crippen LogP contribution in [0.15, 0.2) is 18.2 Å². The minimum absolute atomic E-state index is 0.272. The van der Waals surface area contributed by atoms with E-state index in [1.807, 2.05) is 0 Å². The largest absolute Gasteiger partial charge is 0.489 e. The zero-order valence-corrected chi connectivity index (χ0v) is 9.65. The molecule has 4 nitrogen and oxygen atoms in total. The van der Waals surface area contributed by atoms with Gasteiger partial charge in [0.05, 0.1) is 11.8 Å². The highest BCUT2D eigenvalue weighted by atomic mass is 16.5. The smallest absolute Gasteiger partial charge is 0.142 e. The van der Waals surface area contributed by atoms with Crippen molar-refractivity contribution in [3.8, 4) is 5.75 Å². The van der Waals surface area contributed by atoms with Gasteiger partial charge in [-0.3, -0.25) is 0 Å². The lowest BCUT2D eigenvalue weighted by atomic mass is 10.2. The van der Waals surface area contributed by atoms with Crippen molar-refractivity contribution >= 4 is 11.4 Å². The lowest BCUT2D eigenvalue weighted by Crippen LogP contribution is -2.17. The van der Waals surface area contributed by atoms with Gasteiger partial charge in [0.2, 0.25) is 0 Å². The Hall–Kier alpha value is -1.42. The number of hydrogen-bond acceptors (Lipinski definition) is 4. The third-order valence-corrected chi connectivity index (χ3v) is 2.36. The number of anilines is 2. The Morgan fingerprint density at radius 2 is 2.12 bits per heavy atom. The van der Waals surface area contributed by atoms with Crippen LogP contribution in [0, 0.1) is 0 Å². The molecule has 0 saturated heterocycles. The molecule has 0 heterocycles. The van der Waals surface area contributed by atoms with Gasteiger partial charge in [0.1, 0.15) is 12.4 Å². The lowest BCUT2D eigenvalue weighted by molar-refractivity contribution is 0.0984. The molecule has 1 atom stereocenters. The number of nitrogen functional groups attached to an aromatic ring is 2. The zero-order valence-electron chi connectivity index (χ0n) is 9.65. The number of aliphatic hydroxyl groups excluding tert-OH is 1. The summed E-state index contributed by atoms with van der Waals surface area (Å²) in [5, 5.41) is 9.60. The molecule has 0 aromatic heterocycles. The van der Waals surface area contributed by atoms with Gasteiger partial charge in [0, 0.05) is 5.69 Å². The number of hydrogen-bond donors (Lipinski definition) is 3. The van der Waals surface area contributed by atoms with E-state index >= 15 is 0 Å². The fraction of sp³-hybridized carbons (Fsp3) is 0.500. The molecule has 16 heavy (non-hydrogen) atoms. The van der Waals surface area contributed by atoms with Gasteiger partial charge in [-0.25, -0.2) is 0 Å². The van der Waals surface area contributed by atoms with Crippen LogP contribution < -0.4 is 16.2 Å². The fourth-order valence-electron chi connectivity index (χ4n) is 1.41. The van der Waals surface area contributed by atoms with Gasteiger partial charge in [-0.15, -0.1) is 0 Å². The standard InChI is InChI=1S/C12H20N2O2/c1-2-3-4-10(15)8-16-12-6-5-9(13)7-11(12)14/h5-7,10,15H,2-4,8,13-14H2,1H3. The number of aliphatic hydroxyl groups is 1. The molecule has 0 bridgehead atoms. The second kappa shape index (κ2) is 6.23. The maximum absolute atomic E-state index is 9.60. The molecule has 4 heteroatoms. The van der Waals surface area contributed by atoms with E-state index in [-0.39, 0.29) is 6.61 Å². The van der Waals surface area contributed by atoms with Crippen molar-refractivity contribution in [3.05, 3.63) is 18.2 Å². The van der Waals surface area contributed by atoms with Crippen molar-refractivity contribution in [3.63, 3.8) is 0 Å². The van der Waals surface area contributed by atoms with Gasteiger partial charge in [0.25, 0.3) is 0 Å². The molecular weight excluding hydrogens is 204 g/mol. The van der Waals surface area contributed by atoms with Crippen LogP contribution in [-0.4, -0.2) is 17.8 Å². The third-order valence-electron chi connectivity index (χ3n) is 2.36. The highest BCUT2D eigenvalue weighted by Gasteiger charge is 2.06. The summed E-state index contributed by atoms with van der Waals surface area (Å²) in [6.45, 7) is 2.36. The molecule has 0 aliphatic carbocycles. The Morgan fingerprint density at radius 1 is 1.38 bits per heavy atom. The molecule has 0 saturated carbocycles. The van der Waals surface area contributed by atoms with E-state index in [9.17, 15) is 5.11 Å². The molecule has 0 radical (unpaired) electrons. The first-order valence-electron chi connectivity index (χ1n) is 5.59. The van der Waals surface area contributed by atoms with E-state index < -0.39 is 6.10 Å². The van der Waals surface area contributed by atoms with Crippen LogP contribution in [0.25, 0.3) is 0 Å². The van der Waals surface area contributed by atoms with Crippen molar-refractivity contribution in [1.29, 1.82) is 0 Å². The predicted molar refractivity (Wildman–Crippen MR) is 66.3 cm³/mol. The van der Waals surface area contributed by atoms with Gasteiger partial charge < -0.3 is 21.3 Å². The highest BCUT2D eigenvalue weighted by Crippen LogP contribution is 2.23. The van der Waals surface area contributed by atoms with Crippen LogP contribution in [0.5, 0.6) is 5.75 Å². The average Bonchev–Trinajstić information content (AvgIpc) is 2.25. The Bertz CT molecular complexity index is 329. The van der Waals surface area contributed by atoms with Crippen molar-refractivity contribution < 1.29 is 9.84 Å². The SMILES string of the molecule is CCCCC(O)COc1ccc(N)cc1N. The summed E-state index contributed by atoms with van der Waals surface area (Å²) in [4.78, 5) is 0. The summed E-state index contributed by atoms with van der Waals surface area (Å²) < 4.78 is 5.42. The number of rotatable bonds is 6. The van der Waals surface area contributed by atoms with E-state index in [0.717, 1.165) is 19.3 Å². The monoisotopic (exact) mass is 224 g/mol. The van der Waals surface area contributed by atoms with Crippen LogP contribution in [0.3, 0.4) is 0 Å². The van der Waals surface area contributed by atoms with Crippen LogP contribution in [0.2, 0.25) is 0 Å². The van der Waals surface area contributed by atoms with E-state index in [0.29, 0.717) is 17.1 Å². The van der Waals surface area contributed by atoms with Crippen LogP contribution >= 0.6 is 0 Å². The van der Waals surface area contributed by atoms with Gasteiger partial charge in [-0.2, -0.15) is 0 Å². The number of unbranched alkanes of at least 4 members (excludes halogenated alkanes) is 1. The molecule has 1 aromatic rings. The number of ether oxygens (including phenoxy) is 1. The molecule has 5 N–H and O–H groups in total. The summed E-state index contributed by atoms with van der Waals surface area (Å²) in [5.41, 5.74) is 12.4. The van der Waals surface area contributed by atoms with Gasteiger partial charge >= 0.3 is 0 Å². The first-order chi connectivity index (χ1) is 7.63. The molecule has 0 fully saturated rings. The second-order valence-electron chi connectivity index (χ2n) is 3.90. The Morgan fingerprint density at radius 3 is 2.75 bits per heavy atom. The Balaban J connectivity index is 2.42. The van der Waals surface area contributed by atoms with E-state index in [2.05, 4.69) is 6.92 Å². The van der Waals surface area contributed by atoms with Gasteiger partial charge in [-0.05, 0) is 24.6 Å². The van der Waals surface area contributed by atoms with Crippen LogP contribution in [0.1, 0.15) is 26.2 Å². The van der Waals surface area contributed by atoms with Gasteiger partial charge in [0.15, 0.2) is 0 Å². The molecule has 0 amide bonds. The second-order valence-corrected chi connectivity index (χ2v) is 3.90. The van der Waals surface area contributed by atoms with Crippen LogP contribution in [0.4, 0.5) is 11.4 Å². The maximum Gasteiger partial charge on any atom is 0.142 e. The molecule has 90 valence electrons. The lowest BCUT2D eigenvalue weighted by Gasteiger charge is -2.13. The maximum atomic E-state index is 9.60. The van der Waals surface area contributed by atoms with E-state index in [4.69, 9.17) is 16.2 Å². The minimum Gasteiger partial charge on any atom is -0.489 e. The number of nitrogens with two attached hydrogens (primary N) is 2. The first kappa shape index (κ1) is 12.6. The van der Waals surface area contributed by atoms with E-state index in [1.54, 1.807) is 18.2 Å². The third kappa shape index (κ3) is 3.98. The van der Waals surface area contributed by atoms with Crippen molar-refractivity contribution in [2.75, 3.05) is 18.1 Å². The summed E-state index contributed by atoms with van der Waals surface area (Å²) in [6.07, 6.45) is 2.39. The van der Waals surface area contributed by atoms with Crippen LogP contribution in [-0.2, 0) is 0 Å². The molecule has 1 rings (SSSR count). The topological polar surface area (TPSA) is 81.5 Å². The minimum atomic E-state index is -0.433. The molecule has 0 aliphatic heterocycles. The molecule has 0 spiro atoms. The average molecular weight is 224 g/mol. The number of benzene rings is 1. The quantitative estimate of drug-likeness (QED) is 0.643. The van der Waals surface area contributed by atoms with Crippen molar-refractivity contribution in [1.82, 2.24) is 0 Å². The normalized spacial score (nSPS) is 12.4. The summed E-state index contributed by atoms with van der Waals surface area (Å²) in [6, 6.07) is 5.09. The molecule has 0 aliphatic rings. The predicted octanol–water partition coefficient (Wildman–Crippen LogP) is 1.78. The van der Waals surface area contributed by atoms with Crippen molar-refractivity contribution in [2.24, 2.45) is 0 Å². The molecular formula is C12H20N2O2. The molecule has 1 unspecified atom stereocenters. The van der Waals surface area contributed by atoms with Gasteiger partial charge in [-0.1, -0.05) is 19.8 Å². The Kier molecular flexibility index (Phi) is 4.92. The summed E-state index contributed by atoms with van der Waals surface area (Å²) >= 11 is 0. The zero-order chi connectivity index (χ0) is 12.0. The summed E-state index contributed by atoms with van der Waals surface area (Å²) in [5.74, 6) is 0.574. The Labute approximate surface area is 96.2 Å².